The Bertz CT molecular complexity index is 712. The Morgan fingerprint density at radius 2 is 1.91 bits per heavy atom. The lowest BCUT2D eigenvalue weighted by Crippen LogP contribution is -1.95. The van der Waals surface area contributed by atoms with Crippen LogP contribution in [0.25, 0.3) is 17.5 Å². The zero-order chi connectivity index (χ0) is 15.8. The van der Waals surface area contributed by atoms with Crippen LogP contribution in [0.1, 0.15) is 16.2 Å². The fraction of sp³-hybridized carbons (Fsp3) is 0.0625. The molecule has 112 valence electrons. The molecule has 2 aromatic rings. The van der Waals surface area contributed by atoms with E-state index >= 15 is 0 Å². The highest BCUT2D eigenvalue weighted by Crippen LogP contribution is 2.17. The third-order valence-corrected chi connectivity index (χ3v) is 2.62. The maximum absolute atomic E-state index is 10.8. The molecular weight excluding hydrogens is 284 g/mol. The number of methoxy groups -OCH3 is 1. The van der Waals surface area contributed by atoms with E-state index < -0.39 is 5.97 Å². The van der Waals surface area contributed by atoms with Gasteiger partial charge in [0.2, 0.25) is 5.82 Å². The first-order valence-corrected chi connectivity index (χ1v) is 6.41. The molecule has 6 nitrogen and oxygen atoms in total. The zero-order valence-corrected chi connectivity index (χ0v) is 11.8. The van der Waals surface area contributed by atoms with Gasteiger partial charge in [-0.2, -0.15) is 4.98 Å². The van der Waals surface area contributed by atoms with Crippen LogP contribution in [0.15, 0.2) is 59.4 Å². The summed E-state index contributed by atoms with van der Waals surface area (Å²) < 4.78 is 9.83. The molecule has 0 bridgehead atoms. The summed E-state index contributed by atoms with van der Waals surface area (Å²) in [5.41, 5.74) is 0.897. The monoisotopic (exact) mass is 298 g/mol. The second-order valence-electron chi connectivity index (χ2n) is 4.15. The molecule has 0 aliphatic carbocycles. The molecular formula is C16H14N2O4. The van der Waals surface area contributed by atoms with Crippen LogP contribution in [0.5, 0.6) is 0 Å². The molecule has 1 aromatic heterocycles. The highest BCUT2D eigenvalue weighted by molar-refractivity contribution is 5.88. The van der Waals surface area contributed by atoms with Crippen molar-refractivity contribution in [2.75, 3.05) is 7.11 Å². The van der Waals surface area contributed by atoms with E-state index in [9.17, 15) is 4.79 Å². The maximum atomic E-state index is 10.8. The second kappa shape index (κ2) is 7.58. The van der Waals surface area contributed by atoms with Crippen LogP contribution in [-0.4, -0.2) is 28.3 Å². The molecule has 0 fully saturated rings. The fourth-order valence-corrected chi connectivity index (χ4v) is 1.57. The number of hydrogen-bond acceptors (Lipinski definition) is 5. The lowest BCUT2D eigenvalue weighted by atomic mass is 10.1. The molecule has 1 aromatic carbocycles. The largest absolute Gasteiger partial charge is 0.504 e. The van der Waals surface area contributed by atoms with Gasteiger partial charge in [0.25, 0.3) is 5.89 Å². The van der Waals surface area contributed by atoms with Gasteiger partial charge in [0.1, 0.15) is 0 Å². The van der Waals surface area contributed by atoms with Crippen molar-refractivity contribution in [2.45, 2.75) is 0 Å². The molecule has 1 heterocycles. The molecule has 0 amide bonds. The topological polar surface area (TPSA) is 85.5 Å². The number of carboxylic acids is 1. The average molecular weight is 298 g/mol. The number of carbonyl (C=O) groups is 1. The quantitative estimate of drug-likeness (QED) is 0.651. The van der Waals surface area contributed by atoms with Gasteiger partial charge in [-0.05, 0) is 18.2 Å². The van der Waals surface area contributed by atoms with Gasteiger partial charge in [0.15, 0.2) is 0 Å². The van der Waals surface area contributed by atoms with Gasteiger partial charge in [0.05, 0.1) is 18.9 Å². The third-order valence-electron chi connectivity index (χ3n) is 2.62. The van der Waals surface area contributed by atoms with Crippen LogP contribution in [-0.2, 0) is 4.74 Å². The Labute approximate surface area is 127 Å². The standard InChI is InChI=1S/C16H14N2O4/c1-21-11-5-3-2-4-6-14-17-15(18-22-14)12-7-9-13(10-8-12)16(19)20/h2-11H,1H3,(H,19,20)/b3-2-,6-4+,11-5+. The molecule has 0 atom stereocenters. The molecule has 0 aliphatic heterocycles. The number of allylic oxidation sites excluding steroid dienone is 4. The minimum Gasteiger partial charge on any atom is -0.504 e. The van der Waals surface area contributed by atoms with Crippen molar-refractivity contribution < 1.29 is 19.2 Å². The number of ether oxygens (including phenoxy) is 1. The minimum atomic E-state index is -0.974. The van der Waals surface area contributed by atoms with Gasteiger partial charge in [-0.3, -0.25) is 0 Å². The summed E-state index contributed by atoms with van der Waals surface area (Å²) in [5.74, 6) is -0.213. The Morgan fingerprint density at radius 1 is 1.18 bits per heavy atom. The van der Waals surface area contributed by atoms with E-state index in [0.29, 0.717) is 17.3 Å². The number of benzene rings is 1. The van der Waals surface area contributed by atoms with Crippen LogP contribution in [0.4, 0.5) is 0 Å². The lowest BCUT2D eigenvalue weighted by molar-refractivity contribution is 0.0697. The zero-order valence-electron chi connectivity index (χ0n) is 11.8. The van der Waals surface area contributed by atoms with Gasteiger partial charge in [-0.25, -0.2) is 4.79 Å². The van der Waals surface area contributed by atoms with Crippen LogP contribution < -0.4 is 0 Å². The van der Waals surface area contributed by atoms with Crippen LogP contribution in [0, 0.1) is 0 Å². The van der Waals surface area contributed by atoms with Crippen molar-refractivity contribution in [3.05, 3.63) is 66.3 Å². The number of nitrogens with zero attached hydrogens (tertiary/aromatic N) is 2. The molecule has 1 N–H and O–H groups in total. The maximum Gasteiger partial charge on any atom is 0.335 e. The first-order valence-electron chi connectivity index (χ1n) is 6.41. The summed E-state index contributed by atoms with van der Waals surface area (Å²) in [7, 11) is 1.57. The van der Waals surface area contributed by atoms with Gasteiger partial charge in [-0.15, -0.1) is 0 Å². The summed E-state index contributed by atoms with van der Waals surface area (Å²) in [6.45, 7) is 0. The van der Waals surface area contributed by atoms with Crippen LogP contribution in [0.2, 0.25) is 0 Å². The Hall–Kier alpha value is -3.15. The van der Waals surface area contributed by atoms with E-state index in [1.54, 1.807) is 55.9 Å². The van der Waals surface area contributed by atoms with E-state index in [1.807, 2.05) is 0 Å². The van der Waals surface area contributed by atoms with Crippen molar-refractivity contribution in [1.29, 1.82) is 0 Å². The normalized spacial score (nSPS) is 11.7. The summed E-state index contributed by atoms with van der Waals surface area (Å²) >= 11 is 0. The fourth-order valence-electron chi connectivity index (χ4n) is 1.57. The first-order chi connectivity index (χ1) is 10.7. The molecule has 0 radical (unpaired) electrons. The number of carboxylic acid groups (broad SMARTS) is 1. The molecule has 2 rings (SSSR count). The SMILES string of the molecule is CO/C=C/C=C\C=C\c1nc(-c2ccc(C(=O)O)cc2)no1. The van der Waals surface area contributed by atoms with Crippen molar-refractivity contribution in [3.63, 3.8) is 0 Å². The predicted molar refractivity (Wildman–Crippen MR) is 81.0 cm³/mol. The molecule has 0 spiro atoms. The van der Waals surface area contributed by atoms with E-state index in [-0.39, 0.29) is 5.56 Å². The first kappa shape index (κ1) is 15.2. The van der Waals surface area contributed by atoms with E-state index in [0.717, 1.165) is 0 Å². The smallest absolute Gasteiger partial charge is 0.335 e. The number of hydrogen-bond donors (Lipinski definition) is 1. The molecule has 0 unspecified atom stereocenters. The third kappa shape index (κ3) is 4.17. The van der Waals surface area contributed by atoms with Crippen molar-refractivity contribution >= 4 is 12.0 Å². The van der Waals surface area contributed by atoms with Crippen molar-refractivity contribution in [2.24, 2.45) is 0 Å². The molecule has 22 heavy (non-hydrogen) atoms. The number of aromatic nitrogens is 2. The summed E-state index contributed by atoms with van der Waals surface area (Å²) in [6.07, 6.45) is 10.3. The van der Waals surface area contributed by atoms with E-state index in [1.165, 1.54) is 12.1 Å². The van der Waals surface area contributed by atoms with Gasteiger partial charge in [0, 0.05) is 11.6 Å². The summed E-state index contributed by atoms with van der Waals surface area (Å²) in [4.78, 5) is 15.0. The number of rotatable bonds is 6. The predicted octanol–water partition coefficient (Wildman–Crippen LogP) is 3.16. The molecule has 0 saturated carbocycles. The minimum absolute atomic E-state index is 0.210. The van der Waals surface area contributed by atoms with Gasteiger partial charge in [-0.1, -0.05) is 35.5 Å². The van der Waals surface area contributed by atoms with E-state index in [2.05, 4.69) is 10.1 Å². The average Bonchev–Trinajstić information content (AvgIpc) is 3.00. The molecule has 0 aliphatic rings. The van der Waals surface area contributed by atoms with Crippen LogP contribution >= 0.6 is 0 Å². The van der Waals surface area contributed by atoms with Gasteiger partial charge < -0.3 is 14.4 Å². The molecule has 0 saturated heterocycles. The second-order valence-corrected chi connectivity index (χ2v) is 4.15. The van der Waals surface area contributed by atoms with Crippen LogP contribution in [0.3, 0.4) is 0 Å². The van der Waals surface area contributed by atoms with Gasteiger partial charge >= 0.3 is 5.97 Å². The van der Waals surface area contributed by atoms with Crippen molar-refractivity contribution in [1.82, 2.24) is 10.1 Å². The van der Waals surface area contributed by atoms with Crippen molar-refractivity contribution in [3.8, 4) is 11.4 Å². The lowest BCUT2D eigenvalue weighted by Gasteiger charge is -1.95. The van der Waals surface area contributed by atoms with E-state index in [4.69, 9.17) is 14.4 Å². The Kier molecular flexibility index (Phi) is 5.25. The highest BCUT2D eigenvalue weighted by atomic mass is 16.5. The molecule has 6 heteroatoms. The summed E-state index contributed by atoms with van der Waals surface area (Å²) in [5, 5.41) is 12.7. The highest BCUT2D eigenvalue weighted by Gasteiger charge is 2.08. The summed E-state index contributed by atoms with van der Waals surface area (Å²) in [6, 6.07) is 6.26. The number of aromatic carboxylic acids is 1. The Balaban J connectivity index is 2.04. The Morgan fingerprint density at radius 3 is 2.59 bits per heavy atom.